The molecule has 118 valence electrons. The summed E-state index contributed by atoms with van der Waals surface area (Å²) >= 11 is 0. The van der Waals surface area contributed by atoms with Gasteiger partial charge in [0.1, 0.15) is 24.4 Å². The van der Waals surface area contributed by atoms with Gasteiger partial charge in [-0.05, 0) is 24.3 Å². The molecule has 7 heteroatoms. The zero-order chi connectivity index (χ0) is 16.7. The van der Waals surface area contributed by atoms with Gasteiger partial charge in [-0.15, -0.1) is 0 Å². The molecule has 1 aromatic heterocycles. The molecule has 0 unspecified atom stereocenters. The molecule has 7 nitrogen and oxygen atoms in total. The largest absolute Gasteiger partial charge is 0.486 e. The maximum atomic E-state index is 11.5. The normalized spacial score (nSPS) is 9.96. The third kappa shape index (κ3) is 4.44. The Kier molecular flexibility index (Phi) is 5.51. The van der Waals surface area contributed by atoms with Gasteiger partial charge in [0.15, 0.2) is 11.6 Å². The Morgan fingerprint density at radius 1 is 1.35 bits per heavy atom. The summed E-state index contributed by atoms with van der Waals surface area (Å²) in [5.41, 5.74) is 0.756. The fraction of sp³-hybridized carbons (Fsp3) is 0.188. The molecule has 2 N–H and O–H groups in total. The second-order valence-electron chi connectivity index (χ2n) is 4.64. The smallest absolute Gasteiger partial charge is 0.178 e. The monoisotopic (exact) mass is 312 g/mol. The van der Waals surface area contributed by atoms with Crippen molar-refractivity contribution < 1.29 is 14.3 Å². The van der Waals surface area contributed by atoms with Crippen LogP contribution in [0.15, 0.2) is 36.7 Å². The van der Waals surface area contributed by atoms with Crippen LogP contribution in [-0.2, 0) is 16.2 Å². The molecule has 0 bridgehead atoms. The number of nitrogens with one attached hydrogen (secondary N) is 2. The van der Waals surface area contributed by atoms with Gasteiger partial charge in [0.05, 0.1) is 6.54 Å². The Labute approximate surface area is 133 Å². The SMILES string of the molecule is CC(=O)C(=N)c1cc(OCc2ncccn2)ccc1NCC=O. The minimum Gasteiger partial charge on any atom is -0.486 e. The fourth-order valence-electron chi connectivity index (χ4n) is 1.87. The highest BCUT2D eigenvalue weighted by Crippen LogP contribution is 2.23. The maximum Gasteiger partial charge on any atom is 0.178 e. The number of anilines is 1. The number of hydrogen-bond donors (Lipinski definition) is 2. The van der Waals surface area contributed by atoms with Crippen LogP contribution >= 0.6 is 0 Å². The van der Waals surface area contributed by atoms with Gasteiger partial charge in [-0.3, -0.25) is 10.2 Å². The first-order valence-corrected chi connectivity index (χ1v) is 6.92. The summed E-state index contributed by atoms with van der Waals surface area (Å²) in [5, 5.41) is 10.8. The number of carbonyl (C=O) groups excluding carboxylic acids is 2. The number of ketones is 1. The average molecular weight is 312 g/mol. The molecule has 0 spiro atoms. The molecule has 0 aliphatic carbocycles. The van der Waals surface area contributed by atoms with Gasteiger partial charge in [-0.1, -0.05) is 0 Å². The highest BCUT2D eigenvalue weighted by Gasteiger charge is 2.13. The molecular formula is C16H16N4O3. The molecule has 23 heavy (non-hydrogen) atoms. The van der Waals surface area contributed by atoms with Crippen molar-refractivity contribution in [2.45, 2.75) is 13.5 Å². The van der Waals surface area contributed by atoms with Crippen LogP contribution in [0.4, 0.5) is 5.69 Å². The number of Topliss-reactive ketones (excluding diaryl/α,β-unsaturated/α-hetero) is 1. The van der Waals surface area contributed by atoms with E-state index in [1.54, 1.807) is 36.7 Å². The van der Waals surface area contributed by atoms with Gasteiger partial charge in [0.25, 0.3) is 0 Å². The van der Waals surface area contributed by atoms with Gasteiger partial charge in [-0.25, -0.2) is 9.97 Å². The van der Waals surface area contributed by atoms with E-state index in [9.17, 15) is 9.59 Å². The topological polar surface area (TPSA) is 105 Å². The molecule has 2 aromatic rings. The third-order valence-electron chi connectivity index (χ3n) is 2.98. The molecule has 0 fully saturated rings. The number of aromatic nitrogens is 2. The van der Waals surface area contributed by atoms with E-state index in [1.807, 2.05) is 0 Å². The number of aldehydes is 1. The van der Waals surface area contributed by atoms with E-state index < -0.39 is 0 Å². The lowest BCUT2D eigenvalue weighted by Gasteiger charge is -2.13. The highest BCUT2D eigenvalue weighted by molar-refractivity contribution is 6.45. The van der Waals surface area contributed by atoms with E-state index in [0.29, 0.717) is 29.1 Å². The molecule has 0 aliphatic rings. The Bertz CT molecular complexity index is 717. The van der Waals surface area contributed by atoms with Gasteiger partial charge in [0, 0.05) is 30.6 Å². The Hall–Kier alpha value is -3.09. The van der Waals surface area contributed by atoms with Gasteiger partial charge in [-0.2, -0.15) is 0 Å². The summed E-state index contributed by atoms with van der Waals surface area (Å²) in [4.78, 5) is 30.1. The second-order valence-corrected chi connectivity index (χ2v) is 4.64. The van der Waals surface area contributed by atoms with Crippen LogP contribution in [0, 0.1) is 5.41 Å². The molecule has 0 aliphatic heterocycles. The van der Waals surface area contributed by atoms with E-state index in [2.05, 4.69) is 15.3 Å². The first-order chi connectivity index (χ1) is 11.1. The Morgan fingerprint density at radius 3 is 2.74 bits per heavy atom. The zero-order valence-corrected chi connectivity index (χ0v) is 12.6. The summed E-state index contributed by atoms with van der Waals surface area (Å²) in [6.07, 6.45) is 3.95. The summed E-state index contributed by atoms with van der Waals surface area (Å²) in [6, 6.07) is 6.65. The number of nitrogens with zero attached hydrogens (tertiary/aromatic N) is 2. The minimum absolute atomic E-state index is 0.0935. The lowest BCUT2D eigenvalue weighted by molar-refractivity contribution is -0.111. The standard InChI is InChI=1S/C16H16N4O3/c1-11(22)16(17)13-9-12(3-4-14(13)18-7-8-21)23-10-15-19-5-2-6-20-15/h2-6,8-9,17-18H,7,10H2,1H3. The van der Waals surface area contributed by atoms with Crippen LogP contribution in [0.2, 0.25) is 0 Å². The van der Waals surface area contributed by atoms with E-state index in [1.165, 1.54) is 6.92 Å². The molecule has 0 amide bonds. The number of rotatable bonds is 8. The Balaban J connectivity index is 2.20. The minimum atomic E-state index is -0.373. The molecule has 2 rings (SSSR count). The molecule has 1 aromatic carbocycles. The number of benzene rings is 1. The Morgan fingerprint density at radius 2 is 2.09 bits per heavy atom. The van der Waals surface area contributed by atoms with E-state index in [4.69, 9.17) is 10.1 Å². The summed E-state index contributed by atoms with van der Waals surface area (Å²) in [5.74, 6) is 0.636. The predicted molar refractivity (Wildman–Crippen MR) is 84.9 cm³/mol. The average Bonchev–Trinajstić information content (AvgIpc) is 2.58. The number of carbonyl (C=O) groups is 2. The number of hydrogen-bond acceptors (Lipinski definition) is 7. The zero-order valence-electron chi connectivity index (χ0n) is 12.6. The van der Waals surface area contributed by atoms with Crippen molar-refractivity contribution in [3.05, 3.63) is 48.0 Å². The third-order valence-corrected chi connectivity index (χ3v) is 2.98. The summed E-state index contributed by atoms with van der Waals surface area (Å²) in [7, 11) is 0. The predicted octanol–water partition coefficient (Wildman–Crippen LogP) is 1.62. The summed E-state index contributed by atoms with van der Waals surface area (Å²) < 4.78 is 5.59. The van der Waals surface area contributed by atoms with Crippen LogP contribution in [0.3, 0.4) is 0 Å². The first kappa shape index (κ1) is 16.3. The van der Waals surface area contributed by atoms with Crippen LogP contribution in [0.25, 0.3) is 0 Å². The lowest BCUT2D eigenvalue weighted by atomic mass is 10.0. The summed E-state index contributed by atoms with van der Waals surface area (Å²) in [6.45, 7) is 1.59. The van der Waals surface area contributed by atoms with Crippen LogP contribution < -0.4 is 10.1 Å². The molecule has 0 saturated carbocycles. The molecule has 0 atom stereocenters. The van der Waals surface area contributed by atoms with Crippen molar-refractivity contribution in [1.82, 2.24) is 9.97 Å². The maximum absolute atomic E-state index is 11.5. The van der Waals surface area contributed by atoms with Crippen molar-refractivity contribution in [3.63, 3.8) is 0 Å². The van der Waals surface area contributed by atoms with Crippen LogP contribution in [0.1, 0.15) is 18.3 Å². The van der Waals surface area contributed by atoms with Gasteiger partial charge in [0.2, 0.25) is 0 Å². The van der Waals surface area contributed by atoms with E-state index >= 15 is 0 Å². The molecule has 0 radical (unpaired) electrons. The van der Waals surface area contributed by atoms with Gasteiger partial charge < -0.3 is 14.8 Å². The highest BCUT2D eigenvalue weighted by atomic mass is 16.5. The van der Waals surface area contributed by atoms with Crippen LogP contribution in [-0.4, -0.2) is 34.3 Å². The van der Waals surface area contributed by atoms with Crippen molar-refractivity contribution in [2.24, 2.45) is 0 Å². The quantitative estimate of drug-likeness (QED) is 0.567. The number of ether oxygens (including phenoxy) is 1. The second kappa shape index (κ2) is 7.79. The van der Waals surface area contributed by atoms with Crippen molar-refractivity contribution in [1.29, 1.82) is 5.41 Å². The molecular weight excluding hydrogens is 296 g/mol. The van der Waals surface area contributed by atoms with Crippen molar-refractivity contribution in [2.75, 3.05) is 11.9 Å². The fourth-order valence-corrected chi connectivity index (χ4v) is 1.87. The van der Waals surface area contributed by atoms with Crippen molar-refractivity contribution >= 4 is 23.5 Å². The van der Waals surface area contributed by atoms with Crippen LogP contribution in [0.5, 0.6) is 5.75 Å². The van der Waals surface area contributed by atoms with Gasteiger partial charge >= 0.3 is 0 Å². The molecule has 1 heterocycles. The lowest BCUT2D eigenvalue weighted by Crippen LogP contribution is -2.14. The molecule has 0 saturated heterocycles. The first-order valence-electron chi connectivity index (χ1n) is 6.92. The van der Waals surface area contributed by atoms with Crippen molar-refractivity contribution in [3.8, 4) is 5.75 Å². The van der Waals surface area contributed by atoms with E-state index in [-0.39, 0.29) is 24.6 Å². The van der Waals surface area contributed by atoms with E-state index in [0.717, 1.165) is 0 Å².